The molecule has 0 unspecified atom stereocenters. The second-order valence-electron chi connectivity index (χ2n) is 5.32. The first-order valence-corrected chi connectivity index (χ1v) is 12.1. The van der Waals surface area contributed by atoms with Crippen LogP contribution >= 0.6 is 0 Å². The van der Waals surface area contributed by atoms with Crippen molar-refractivity contribution in [1.82, 2.24) is 0 Å². The Balaban J connectivity index is 1.75. The van der Waals surface area contributed by atoms with Crippen molar-refractivity contribution in [2.75, 3.05) is 0 Å². The molecule has 3 aromatic carbocycles. The van der Waals surface area contributed by atoms with Crippen LogP contribution < -0.4 is 42.4 Å². The van der Waals surface area contributed by atoms with Crippen molar-refractivity contribution >= 4 is 5.76 Å². The van der Waals surface area contributed by atoms with Gasteiger partial charge in [-0.25, -0.2) is 0 Å². The van der Waals surface area contributed by atoms with E-state index < -0.39 is 0 Å². The highest BCUT2D eigenvalue weighted by molar-refractivity contribution is 5.66. The van der Waals surface area contributed by atoms with E-state index in [4.69, 9.17) is 4.74 Å². The summed E-state index contributed by atoms with van der Waals surface area (Å²) in [6, 6.07) is 30.4. The maximum absolute atomic E-state index is 6.16. The molecule has 1 aliphatic rings. The predicted molar refractivity (Wildman–Crippen MR) is 88.4 cm³/mol. The van der Waals surface area contributed by atoms with Gasteiger partial charge in [0.05, 0.1) is 0 Å². The molecule has 0 bridgehead atoms. The SMILES string of the molecule is c1ccc([I+]C([I+]c2ccccc2)=C2OCc3ccccc32)cc1. The van der Waals surface area contributed by atoms with E-state index in [0.29, 0.717) is 6.61 Å². The zero-order chi connectivity index (χ0) is 16.2. The Bertz CT molecular complexity index is 814. The van der Waals surface area contributed by atoms with Crippen LogP contribution in [0.4, 0.5) is 0 Å². The zero-order valence-corrected chi connectivity index (χ0v) is 17.3. The van der Waals surface area contributed by atoms with Crippen LogP contribution in [0.2, 0.25) is 0 Å². The summed E-state index contributed by atoms with van der Waals surface area (Å²) in [6.45, 7) is 0.714. The van der Waals surface area contributed by atoms with E-state index >= 15 is 0 Å². The van der Waals surface area contributed by atoms with Crippen molar-refractivity contribution in [2.24, 2.45) is 0 Å². The molecule has 0 fully saturated rings. The molecule has 0 aromatic heterocycles. The normalized spacial score (nSPS) is 12.6. The van der Waals surface area contributed by atoms with E-state index in [9.17, 15) is 0 Å². The molecule has 0 amide bonds. The fourth-order valence-corrected chi connectivity index (χ4v) is 10.5. The molecule has 24 heavy (non-hydrogen) atoms. The van der Waals surface area contributed by atoms with Gasteiger partial charge in [0, 0.05) is 11.1 Å². The fraction of sp³-hybridized carbons (Fsp3) is 0.0476. The van der Waals surface area contributed by atoms with Crippen molar-refractivity contribution in [3.63, 3.8) is 0 Å². The van der Waals surface area contributed by atoms with E-state index in [2.05, 4.69) is 84.9 Å². The van der Waals surface area contributed by atoms with Crippen molar-refractivity contribution in [2.45, 2.75) is 6.61 Å². The van der Waals surface area contributed by atoms with Crippen molar-refractivity contribution < 1.29 is 47.1 Å². The molecule has 1 heterocycles. The summed E-state index contributed by atoms with van der Waals surface area (Å²) in [5.41, 5.74) is 2.62. The molecule has 0 N–H and O–H groups in total. The molecule has 0 aliphatic carbocycles. The van der Waals surface area contributed by atoms with Gasteiger partial charge in [-0.15, -0.1) is 0 Å². The van der Waals surface area contributed by atoms with Crippen LogP contribution in [0.1, 0.15) is 11.1 Å². The predicted octanol–water partition coefficient (Wildman–Crippen LogP) is -1.24. The first kappa shape index (κ1) is 16.1. The molecule has 4 rings (SSSR count). The minimum atomic E-state index is -0.201. The van der Waals surface area contributed by atoms with Gasteiger partial charge in [0.25, 0.3) is 0 Å². The minimum Gasteiger partial charge on any atom is -0.480 e. The van der Waals surface area contributed by atoms with Crippen LogP contribution in [0, 0.1) is 7.14 Å². The van der Waals surface area contributed by atoms with E-state index in [1.54, 1.807) is 1.59 Å². The molecule has 0 spiro atoms. The topological polar surface area (TPSA) is 9.23 Å². The number of rotatable bonds is 4. The van der Waals surface area contributed by atoms with Crippen LogP contribution in [-0.4, -0.2) is 0 Å². The Hall–Kier alpha value is -1.34. The minimum absolute atomic E-state index is 0.201. The van der Waals surface area contributed by atoms with E-state index in [1.165, 1.54) is 24.0 Å². The molecule has 0 atom stereocenters. The molecule has 1 aliphatic heterocycles. The van der Waals surface area contributed by atoms with Gasteiger partial charge < -0.3 is 4.74 Å². The van der Waals surface area contributed by atoms with Crippen LogP contribution in [0.25, 0.3) is 5.76 Å². The third-order valence-electron chi connectivity index (χ3n) is 3.66. The summed E-state index contributed by atoms with van der Waals surface area (Å²) in [5, 5.41) is 0. The maximum Gasteiger partial charge on any atom is 0.446 e. The Labute approximate surface area is 163 Å². The largest absolute Gasteiger partial charge is 0.480 e. The zero-order valence-electron chi connectivity index (χ0n) is 13.0. The van der Waals surface area contributed by atoms with Crippen LogP contribution in [0.15, 0.2) is 86.5 Å². The molecule has 0 radical (unpaired) electrons. The van der Waals surface area contributed by atoms with Crippen molar-refractivity contribution in [1.29, 1.82) is 0 Å². The van der Waals surface area contributed by atoms with Gasteiger partial charge in [-0.1, -0.05) is 60.7 Å². The third-order valence-corrected chi connectivity index (χ3v) is 11.0. The Morgan fingerprint density at radius 3 is 1.83 bits per heavy atom. The van der Waals surface area contributed by atoms with Gasteiger partial charge in [0.1, 0.15) is 6.61 Å². The van der Waals surface area contributed by atoms with E-state index in [0.717, 1.165) is 0 Å². The van der Waals surface area contributed by atoms with Gasteiger partial charge in [0.2, 0.25) is 5.76 Å². The summed E-state index contributed by atoms with van der Waals surface area (Å²) >= 11 is -0.401. The standard InChI is InChI=1S/C21H16I2O/c1-3-10-17(11-4-1)22-21(23-18-12-5-2-6-13-18)20-19-14-8-7-9-16(19)15-24-20/h1-14H,15H2/q+2. The second kappa shape index (κ2) is 7.70. The van der Waals surface area contributed by atoms with Crippen LogP contribution in [0.3, 0.4) is 0 Å². The van der Waals surface area contributed by atoms with Gasteiger partial charge in [-0.3, -0.25) is 0 Å². The molecule has 3 heteroatoms. The first-order chi connectivity index (χ1) is 11.9. The lowest BCUT2D eigenvalue weighted by Crippen LogP contribution is -3.81. The number of hydrogen-bond donors (Lipinski definition) is 0. The van der Waals surface area contributed by atoms with Gasteiger partial charge in [0.15, 0.2) is 7.14 Å². The number of halogens is 2. The third kappa shape index (κ3) is 3.67. The highest BCUT2D eigenvalue weighted by atomic mass is 127. The van der Waals surface area contributed by atoms with Crippen molar-refractivity contribution in [3.8, 4) is 0 Å². The molecule has 0 saturated carbocycles. The average molecular weight is 538 g/mol. The molecule has 3 aromatic rings. The summed E-state index contributed by atoms with van der Waals surface area (Å²) in [6.07, 6.45) is 0. The van der Waals surface area contributed by atoms with Crippen LogP contribution in [-0.2, 0) is 11.3 Å². The Kier molecular flexibility index (Phi) is 5.18. The lowest BCUT2D eigenvalue weighted by Gasteiger charge is -1.95. The monoisotopic (exact) mass is 538 g/mol. The van der Waals surface area contributed by atoms with Crippen molar-refractivity contribution in [3.05, 3.63) is 105 Å². The second-order valence-corrected chi connectivity index (χ2v) is 13.1. The summed E-state index contributed by atoms with van der Waals surface area (Å²) < 4.78 is 10.7. The quantitative estimate of drug-likeness (QED) is 0.378. The molecular formula is C21H16I2O+2. The molecule has 1 nitrogen and oxygen atoms in total. The summed E-state index contributed by atoms with van der Waals surface area (Å²) in [7, 11) is 0. The maximum atomic E-state index is 6.16. The smallest absolute Gasteiger partial charge is 0.446 e. The Morgan fingerprint density at radius 2 is 1.21 bits per heavy atom. The average Bonchev–Trinajstić information content (AvgIpc) is 3.07. The lowest BCUT2D eigenvalue weighted by atomic mass is 10.1. The molecule has 118 valence electrons. The highest BCUT2D eigenvalue weighted by Crippen LogP contribution is 2.28. The van der Waals surface area contributed by atoms with Gasteiger partial charge >= 0.3 is 44.0 Å². The Morgan fingerprint density at radius 1 is 0.667 bits per heavy atom. The number of fused-ring (bicyclic) bond motifs is 1. The summed E-state index contributed by atoms with van der Waals surface area (Å²) in [4.78, 5) is 0. The molecular weight excluding hydrogens is 522 g/mol. The first-order valence-electron chi connectivity index (χ1n) is 7.75. The fourth-order valence-electron chi connectivity index (χ4n) is 2.50. The van der Waals surface area contributed by atoms with E-state index in [1.807, 2.05) is 0 Å². The molecule has 0 saturated heterocycles. The number of benzene rings is 3. The van der Waals surface area contributed by atoms with Gasteiger partial charge in [-0.05, 0) is 24.3 Å². The van der Waals surface area contributed by atoms with Crippen LogP contribution in [0.5, 0.6) is 0 Å². The highest BCUT2D eigenvalue weighted by Gasteiger charge is 2.42. The number of hydrogen-bond acceptors (Lipinski definition) is 1. The van der Waals surface area contributed by atoms with Gasteiger partial charge in [-0.2, -0.15) is 0 Å². The lowest BCUT2D eigenvalue weighted by molar-refractivity contribution is -0.763. The number of ether oxygens (including phenoxy) is 1. The summed E-state index contributed by atoms with van der Waals surface area (Å²) in [5.74, 6) is 1.17. The van der Waals surface area contributed by atoms with E-state index in [-0.39, 0.29) is 42.4 Å².